The van der Waals surface area contributed by atoms with E-state index >= 15 is 0 Å². The number of hydrogen-bond acceptors (Lipinski definition) is 5. The van der Waals surface area contributed by atoms with Gasteiger partial charge in [0.25, 0.3) is 5.56 Å². The molecule has 0 bridgehead atoms. The standard InChI is InChI=1S/C11H20N6O3/c1-6(2)5-17-8(12)7(9(18)16-11(17)20)14-3-4-15-10(13)19/h6,14H,3-5,12H2,1-2H3,(H3,13,15,19)(H,16,18,20). The Kier molecular flexibility index (Phi) is 5.18. The van der Waals surface area contributed by atoms with Crippen LogP contribution in [0.5, 0.6) is 0 Å². The van der Waals surface area contributed by atoms with Gasteiger partial charge in [-0.1, -0.05) is 13.8 Å². The third-order valence-electron chi connectivity index (χ3n) is 2.51. The molecule has 2 amide bonds. The predicted molar refractivity (Wildman–Crippen MR) is 76.6 cm³/mol. The van der Waals surface area contributed by atoms with Gasteiger partial charge in [0, 0.05) is 19.6 Å². The minimum Gasteiger partial charge on any atom is -0.383 e. The van der Waals surface area contributed by atoms with Gasteiger partial charge in [0.05, 0.1) is 0 Å². The Morgan fingerprint density at radius 3 is 2.55 bits per heavy atom. The maximum atomic E-state index is 11.7. The number of urea groups is 1. The van der Waals surface area contributed by atoms with Gasteiger partial charge in [-0.15, -0.1) is 0 Å². The lowest BCUT2D eigenvalue weighted by molar-refractivity contribution is 0.249. The monoisotopic (exact) mass is 284 g/mol. The molecule has 0 aliphatic carbocycles. The molecule has 0 atom stereocenters. The summed E-state index contributed by atoms with van der Waals surface area (Å²) in [5, 5.41) is 5.15. The van der Waals surface area contributed by atoms with E-state index in [4.69, 9.17) is 11.5 Å². The van der Waals surface area contributed by atoms with Crippen LogP contribution in [0, 0.1) is 5.92 Å². The quantitative estimate of drug-likeness (QED) is 0.418. The van der Waals surface area contributed by atoms with Gasteiger partial charge in [-0.2, -0.15) is 0 Å². The highest BCUT2D eigenvalue weighted by Gasteiger charge is 2.12. The summed E-state index contributed by atoms with van der Waals surface area (Å²) in [6.07, 6.45) is 0. The third-order valence-corrected chi connectivity index (χ3v) is 2.51. The minimum absolute atomic E-state index is 0.0755. The average Bonchev–Trinajstić information content (AvgIpc) is 2.32. The zero-order valence-electron chi connectivity index (χ0n) is 11.5. The van der Waals surface area contributed by atoms with Crippen molar-refractivity contribution in [1.29, 1.82) is 0 Å². The van der Waals surface area contributed by atoms with Crippen molar-refractivity contribution in [1.82, 2.24) is 14.9 Å². The number of nitrogens with zero attached hydrogens (tertiary/aromatic N) is 1. The lowest BCUT2D eigenvalue weighted by atomic mass is 10.2. The Bertz CT molecular complexity index is 589. The van der Waals surface area contributed by atoms with Gasteiger partial charge in [0.2, 0.25) is 0 Å². The van der Waals surface area contributed by atoms with Crippen LogP contribution < -0.4 is 33.3 Å². The highest BCUT2D eigenvalue weighted by atomic mass is 16.2. The Morgan fingerprint density at radius 2 is 2.00 bits per heavy atom. The fraction of sp³-hybridized carbons (Fsp3) is 0.545. The second-order valence-electron chi connectivity index (χ2n) is 4.74. The molecule has 0 aliphatic heterocycles. The molecule has 9 nitrogen and oxygen atoms in total. The molecule has 9 heteroatoms. The molecule has 0 unspecified atom stereocenters. The molecule has 0 aromatic carbocycles. The Balaban J connectivity index is 2.93. The average molecular weight is 284 g/mol. The number of carbonyl (C=O) groups excluding carboxylic acids is 1. The first-order valence-electron chi connectivity index (χ1n) is 6.22. The summed E-state index contributed by atoms with van der Waals surface area (Å²) in [4.78, 5) is 36.1. The summed E-state index contributed by atoms with van der Waals surface area (Å²) >= 11 is 0. The van der Waals surface area contributed by atoms with Crippen molar-refractivity contribution in [3.63, 3.8) is 0 Å². The Morgan fingerprint density at radius 1 is 1.35 bits per heavy atom. The number of nitrogen functional groups attached to an aromatic ring is 1. The number of nitrogens with two attached hydrogens (primary N) is 2. The van der Waals surface area contributed by atoms with E-state index in [9.17, 15) is 14.4 Å². The summed E-state index contributed by atoms with van der Waals surface area (Å²) in [6.45, 7) is 4.75. The van der Waals surface area contributed by atoms with Gasteiger partial charge < -0.3 is 22.1 Å². The number of rotatable bonds is 6. The van der Waals surface area contributed by atoms with Crippen LogP contribution in [0.25, 0.3) is 0 Å². The molecule has 0 aliphatic rings. The van der Waals surface area contributed by atoms with E-state index in [1.54, 1.807) is 0 Å². The van der Waals surface area contributed by atoms with Gasteiger partial charge in [0.15, 0.2) is 0 Å². The van der Waals surface area contributed by atoms with E-state index in [1.807, 2.05) is 13.8 Å². The number of hydrogen-bond donors (Lipinski definition) is 5. The number of amides is 2. The molecule has 0 fully saturated rings. The van der Waals surface area contributed by atoms with Crippen molar-refractivity contribution < 1.29 is 4.79 Å². The molecule has 1 rings (SSSR count). The second-order valence-corrected chi connectivity index (χ2v) is 4.74. The second kappa shape index (κ2) is 6.64. The lowest BCUT2D eigenvalue weighted by Crippen LogP contribution is -2.37. The minimum atomic E-state index is -0.654. The van der Waals surface area contributed by atoms with Gasteiger partial charge in [-0.05, 0) is 5.92 Å². The largest absolute Gasteiger partial charge is 0.383 e. The van der Waals surface area contributed by atoms with Gasteiger partial charge in [-0.25, -0.2) is 9.59 Å². The van der Waals surface area contributed by atoms with Crippen LogP contribution in [-0.2, 0) is 6.54 Å². The summed E-state index contributed by atoms with van der Waals surface area (Å²) in [7, 11) is 0. The van der Waals surface area contributed by atoms with E-state index in [0.717, 1.165) is 0 Å². The van der Waals surface area contributed by atoms with E-state index in [1.165, 1.54) is 4.57 Å². The molecule has 0 radical (unpaired) electrons. The SMILES string of the molecule is CC(C)Cn1c(N)c(NCCNC(N)=O)c(=O)[nH]c1=O. The van der Waals surface area contributed by atoms with Crippen LogP contribution in [0.2, 0.25) is 0 Å². The number of carbonyl (C=O) groups is 1. The number of aromatic nitrogens is 2. The maximum Gasteiger partial charge on any atom is 0.330 e. The predicted octanol–water partition coefficient (Wildman–Crippen LogP) is -1.14. The summed E-state index contributed by atoms with van der Waals surface area (Å²) in [5.74, 6) is 0.275. The molecule has 0 saturated heterocycles. The van der Waals surface area contributed by atoms with Crippen LogP contribution in [0.4, 0.5) is 16.3 Å². The van der Waals surface area contributed by atoms with Crippen molar-refractivity contribution in [2.75, 3.05) is 24.1 Å². The Hall–Kier alpha value is -2.45. The summed E-state index contributed by atoms with van der Waals surface area (Å²) in [6, 6.07) is -0.654. The first-order chi connectivity index (χ1) is 9.32. The van der Waals surface area contributed by atoms with Crippen molar-refractivity contribution in [3.8, 4) is 0 Å². The molecular weight excluding hydrogens is 264 g/mol. The van der Waals surface area contributed by atoms with E-state index in [2.05, 4.69) is 15.6 Å². The first-order valence-corrected chi connectivity index (χ1v) is 6.22. The molecule has 7 N–H and O–H groups in total. The van der Waals surface area contributed by atoms with E-state index in [-0.39, 0.29) is 30.5 Å². The molecule has 0 saturated carbocycles. The highest BCUT2D eigenvalue weighted by Crippen LogP contribution is 2.11. The fourth-order valence-electron chi connectivity index (χ4n) is 1.68. The van der Waals surface area contributed by atoms with Crippen molar-refractivity contribution in [3.05, 3.63) is 20.8 Å². The van der Waals surface area contributed by atoms with Crippen LogP contribution in [0.3, 0.4) is 0 Å². The van der Waals surface area contributed by atoms with Gasteiger partial charge >= 0.3 is 11.7 Å². The molecule has 1 aromatic rings. The first kappa shape index (κ1) is 15.6. The number of anilines is 2. The molecule has 0 spiro atoms. The van der Waals surface area contributed by atoms with E-state index in [0.29, 0.717) is 6.54 Å². The Labute approximate surface area is 115 Å². The number of nitrogens with one attached hydrogen (secondary N) is 3. The lowest BCUT2D eigenvalue weighted by Gasteiger charge is -2.15. The fourth-order valence-corrected chi connectivity index (χ4v) is 1.68. The van der Waals surface area contributed by atoms with Crippen LogP contribution in [0.15, 0.2) is 9.59 Å². The molecule has 1 aromatic heterocycles. The topological polar surface area (TPSA) is 148 Å². The molecule has 20 heavy (non-hydrogen) atoms. The van der Waals surface area contributed by atoms with Crippen LogP contribution in [-0.4, -0.2) is 28.7 Å². The van der Waals surface area contributed by atoms with Crippen molar-refractivity contribution >= 4 is 17.5 Å². The van der Waals surface area contributed by atoms with E-state index < -0.39 is 17.3 Å². The summed E-state index contributed by atoms with van der Waals surface area (Å²) in [5.41, 5.74) is 9.74. The molecule has 1 heterocycles. The number of H-pyrrole nitrogens is 1. The van der Waals surface area contributed by atoms with Crippen molar-refractivity contribution in [2.24, 2.45) is 11.7 Å². The maximum absolute atomic E-state index is 11.7. The molecular formula is C11H20N6O3. The van der Waals surface area contributed by atoms with Crippen LogP contribution >= 0.6 is 0 Å². The highest BCUT2D eigenvalue weighted by molar-refractivity contribution is 5.71. The van der Waals surface area contributed by atoms with Gasteiger partial charge in [-0.3, -0.25) is 14.3 Å². The number of primary amides is 1. The van der Waals surface area contributed by atoms with Gasteiger partial charge in [0.1, 0.15) is 11.5 Å². The normalized spacial score (nSPS) is 10.6. The van der Waals surface area contributed by atoms with Crippen LogP contribution in [0.1, 0.15) is 13.8 Å². The number of aromatic amines is 1. The zero-order chi connectivity index (χ0) is 15.3. The zero-order valence-corrected chi connectivity index (χ0v) is 11.5. The third kappa shape index (κ3) is 4.04. The molecule has 112 valence electrons. The summed E-state index contributed by atoms with van der Waals surface area (Å²) < 4.78 is 1.30. The smallest absolute Gasteiger partial charge is 0.330 e. The van der Waals surface area contributed by atoms with Crippen molar-refractivity contribution in [2.45, 2.75) is 20.4 Å².